The maximum atomic E-state index is 11.7. The SMILES string of the molecule is Nc1ccc(NC2CN3CCC2CC3)c(S(N)(=O)=O)c1. The zero-order valence-corrected chi connectivity index (χ0v) is 12.1. The van der Waals surface area contributed by atoms with Crippen LogP contribution in [0.3, 0.4) is 0 Å². The van der Waals surface area contributed by atoms with Gasteiger partial charge in [0.2, 0.25) is 10.0 Å². The van der Waals surface area contributed by atoms with E-state index in [1.54, 1.807) is 12.1 Å². The molecule has 7 heteroatoms. The van der Waals surface area contributed by atoms with Gasteiger partial charge in [0, 0.05) is 18.3 Å². The molecule has 2 bridgehead atoms. The molecule has 0 radical (unpaired) electrons. The highest BCUT2D eigenvalue weighted by molar-refractivity contribution is 7.89. The lowest BCUT2D eigenvalue weighted by Gasteiger charge is -2.45. The number of nitrogens with one attached hydrogen (secondary N) is 1. The number of fused-ring (bicyclic) bond motifs is 3. The summed E-state index contributed by atoms with van der Waals surface area (Å²) in [6.45, 7) is 3.25. The van der Waals surface area contributed by atoms with E-state index in [-0.39, 0.29) is 10.9 Å². The molecule has 3 aliphatic heterocycles. The van der Waals surface area contributed by atoms with Gasteiger partial charge in [-0.1, -0.05) is 0 Å². The molecule has 1 unspecified atom stereocenters. The smallest absolute Gasteiger partial charge is 0.240 e. The number of primary sulfonamides is 1. The molecular weight excluding hydrogens is 276 g/mol. The van der Waals surface area contributed by atoms with Crippen molar-refractivity contribution in [2.24, 2.45) is 11.1 Å². The van der Waals surface area contributed by atoms with E-state index >= 15 is 0 Å². The minimum absolute atomic E-state index is 0.0777. The molecule has 110 valence electrons. The van der Waals surface area contributed by atoms with E-state index in [2.05, 4.69) is 10.2 Å². The van der Waals surface area contributed by atoms with E-state index in [4.69, 9.17) is 10.9 Å². The maximum absolute atomic E-state index is 11.7. The summed E-state index contributed by atoms with van der Waals surface area (Å²) in [5.41, 5.74) is 6.61. The second-order valence-corrected chi connectivity index (χ2v) is 7.22. The van der Waals surface area contributed by atoms with Crippen LogP contribution in [0.1, 0.15) is 12.8 Å². The van der Waals surface area contributed by atoms with Crippen molar-refractivity contribution >= 4 is 21.4 Å². The van der Waals surface area contributed by atoms with Crippen molar-refractivity contribution in [3.05, 3.63) is 18.2 Å². The van der Waals surface area contributed by atoms with Gasteiger partial charge in [0.15, 0.2) is 0 Å². The first-order chi connectivity index (χ1) is 9.43. The molecule has 1 aromatic rings. The van der Waals surface area contributed by atoms with E-state index < -0.39 is 10.0 Å². The van der Waals surface area contributed by atoms with Crippen LogP contribution in [0.5, 0.6) is 0 Å². The van der Waals surface area contributed by atoms with Crippen molar-refractivity contribution in [2.75, 3.05) is 30.7 Å². The Morgan fingerprint density at radius 1 is 1.25 bits per heavy atom. The van der Waals surface area contributed by atoms with Gasteiger partial charge in [-0.05, 0) is 50.0 Å². The number of sulfonamides is 1. The van der Waals surface area contributed by atoms with Gasteiger partial charge in [-0.15, -0.1) is 0 Å². The normalized spacial score (nSPS) is 29.4. The number of hydrogen-bond acceptors (Lipinski definition) is 5. The highest BCUT2D eigenvalue weighted by Crippen LogP contribution is 2.31. The predicted molar refractivity (Wildman–Crippen MR) is 78.8 cm³/mol. The van der Waals surface area contributed by atoms with Crippen molar-refractivity contribution in [1.82, 2.24) is 4.90 Å². The number of benzene rings is 1. The predicted octanol–water partition coefficient (Wildman–Crippen LogP) is 0.422. The number of nitrogens with zero attached hydrogens (tertiary/aromatic N) is 1. The van der Waals surface area contributed by atoms with E-state index in [9.17, 15) is 8.42 Å². The van der Waals surface area contributed by atoms with Crippen LogP contribution < -0.4 is 16.2 Å². The number of anilines is 2. The standard InChI is InChI=1S/C13H20N4O2S/c14-10-1-2-11(13(7-10)20(15,18)19)16-12-8-17-5-3-9(12)4-6-17/h1-2,7,9,12,16H,3-6,8,14H2,(H2,15,18,19). The molecule has 0 aromatic heterocycles. The number of hydrogen-bond donors (Lipinski definition) is 3. The van der Waals surface area contributed by atoms with Crippen LogP contribution in [0.4, 0.5) is 11.4 Å². The van der Waals surface area contributed by atoms with Crippen molar-refractivity contribution in [3.8, 4) is 0 Å². The molecule has 3 aliphatic rings. The van der Waals surface area contributed by atoms with Crippen LogP contribution in [0.15, 0.2) is 23.1 Å². The summed E-state index contributed by atoms with van der Waals surface area (Å²) in [4.78, 5) is 2.49. The molecule has 3 fully saturated rings. The lowest BCUT2D eigenvalue weighted by atomic mass is 9.84. The van der Waals surface area contributed by atoms with Crippen LogP contribution in [0, 0.1) is 5.92 Å². The Bertz CT molecular complexity index is 609. The van der Waals surface area contributed by atoms with E-state index in [1.165, 1.54) is 6.07 Å². The van der Waals surface area contributed by atoms with Gasteiger partial charge < -0.3 is 16.0 Å². The number of nitrogens with two attached hydrogens (primary N) is 2. The molecule has 6 nitrogen and oxygen atoms in total. The van der Waals surface area contributed by atoms with Gasteiger partial charge >= 0.3 is 0 Å². The summed E-state index contributed by atoms with van der Waals surface area (Å²) >= 11 is 0. The quantitative estimate of drug-likeness (QED) is 0.702. The zero-order chi connectivity index (χ0) is 14.3. The van der Waals surface area contributed by atoms with Gasteiger partial charge in [-0.25, -0.2) is 13.6 Å². The van der Waals surface area contributed by atoms with E-state index in [1.807, 2.05) is 0 Å². The third-order valence-corrected chi connectivity index (χ3v) is 5.26. The van der Waals surface area contributed by atoms with Crippen molar-refractivity contribution in [3.63, 3.8) is 0 Å². The first-order valence-electron chi connectivity index (χ1n) is 6.85. The van der Waals surface area contributed by atoms with Crippen LogP contribution in [-0.2, 0) is 10.0 Å². The molecule has 0 spiro atoms. The minimum atomic E-state index is -3.78. The second-order valence-electron chi connectivity index (χ2n) is 5.69. The number of piperidine rings is 3. The Morgan fingerprint density at radius 3 is 2.50 bits per heavy atom. The maximum Gasteiger partial charge on any atom is 0.240 e. The minimum Gasteiger partial charge on any atom is -0.399 e. The average Bonchev–Trinajstić information content (AvgIpc) is 2.41. The topological polar surface area (TPSA) is 101 Å². The first kappa shape index (κ1) is 13.7. The molecule has 0 saturated carbocycles. The molecule has 1 aromatic carbocycles. The van der Waals surface area contributed by atoms with Crippen molar-refractivity contribution in [2.45, 2.75) is 23.8 Å². The lowest BCUT2D eigenvalue weighted by molar-refractivity contribution is 0.0974. The third kappa shape index (κ3) is 2.61. The van der Waals surface area contributed by atoms with Crippen LogP contribution in [0.2, 0.25) is 0 Å². The monoisotopic (exact) mass is 296 g/mol. The average molecular weight is 296 g/mol. The van der Waals surface area contributed by atoms with Gasteiger partial charge in [-0.3, -0.25) is 0 Å². The fraction of sp³-hybridized carbons (Fsp3) is 0.538. The molecule has 3 saturated heterocycles. The third-order valence-electron chi connectivity index (χ3n) is 4.31. The van der Waals surface area contributed by atoms with Gasteiger partial charge in [0.1, 0.15) is 4.90 Å². The molecule has 20 heavy (non-hydrogen) atoms. The molecule has 0 amide bonds. The molecule has 4 rings (SSSR count). The van der Waals surface area contributed by atoms with Crippen molar-refractivity contribution in [1.29, 1.82) is 0 Å². The second kappa shape index (κ2) is 4.91. The summed E-state index contributed by atoms with van der Waals surface area (Å²) in [5.74, 6) is 0.603. The Hall–Kier alpha value is -1.31. The Labute approximate surface area is 119 Å². The molecule has 5 N–H and O–H groups in total. The molecule has 0 aliphatic carbocycles. The summed E-state index contributed by atoms with van der Waals surface area (Å²) in [6, 6.07) is 5.09. The summed E-state index contributed by atoms with van der Waals surface area (Å²) in [7, 11) is -3.78. The fourth-order valence-corrected chi connectivity index (χ4v) is 3.96. The number of rotatable bonds is 3. The van der Waals surface area contributed by atoms with Gasteiger partial charge in [-0.2, -0.15) is 0 Å². The van der Waals surface area contributed by atoms with Crippen molar-refractivity contribution < 1.29 is 8.42 Å². The summed E-state index contributed by atoms with van der Waals surface area (Å²) < 4.78 is 23.4. The largest absolute Gasteiger partial charge is 0.399 e. The van der Waals surface area contributed by atoms with Crippen LogP contribution in [-0.4, -0.2) is 39.0 Å². The first-order valence-corrected chi connectivity index (χ1v) is 8.39. The number of nitrogen functional groups attached to an aromatic ring is 1. The van der Waals surface area contributed by atoms with Gasteiger partial charge in [0.25, 0.3) is 0 Å². The summed E-state index contributed by atoms with van der Waals surface area (Å²) in [5, 5.41) is 8.63. The van der Waals surface area contributed by atoms with E-state index in [0.717, 1.165) is 32.5 Å². The Kier molecular flexibility index (Phi) is 3.35. The van der Waals surface area contributed by atoms with Crippen LogP contribution >= 0.6 is 0 Å². The van der Waals surface area contributed by atoms with Crippen LogP contribution in [0.25, 0.3) is 0 Å². The van der Waals surface area contributed by atoms with Gasteiger partial charge in [0.05, 0.1) is 5.69 Å². The summed E-state index contributed by atoms with van der Waals surface area (Å²) in [6.07, 6.45) is 2.33. The molecule has 3 heterocycles. The highest BCUT2D eigenvalue weighted by atomic mass is 32.2. The van der Waals surface area contributed by atoms with E-state index in [0.29, 0.717) is 17.3 Å². The Morgan fingerprint density at radius 2 is 1.95 bits per heavy atom. The lowest BCUT2D eigenvalue weighted by Crippen LogP contribution is -2.53. The molecular formula is C13H20N4O2S. The highest BCUT2D eigenvalue weighted by Gasteiger charge is 2.34. The Balaban J connectivity index is 1.88. The fourth-order valence-electron chi connectivity index (χ4n) is 3.22. The molecule has 1 atom stereocenters. The zero-order valence-electron chi connectivity index (χ0n) is 11.2.